The normalized spacial score (nSPS) is 20.8. The number of carbonyl (C=O) groups excluding carboxylic acids is 1. The van der Waals surface area contributed by atoms with Gasteiger partial charge in [-0.1, -0.05) is 30.3 Å². The lowest BCUT2D eigenvalue weighted by atomic mass is 10.2. The van der Waals surface area contributed by atoms with Gasteiger partial charge in [0.2, 0.25) is 5.91 Å². The number of rotatable bonds is 7. The molecule has 0 radical (unpaired) electrons. The van der Waals surface area contributed by atoms with Gasteiger partial charge in [-0.3, -0.25) is 14.7 Å². The molecule has 1 aromatic carbocycles. The largest absolute Gasteiger partial charge is 0.357 e. The zero-order valence-electron chi connectivity index (χ0n) is 16.5. The van der Waals surface area contributed by atoms with E-state index in [1.165, 1.54) is 5.56 Å². The molecule has 0 spiro atoms. The Morgan fingerprint density at radius 3 is 2.69 bits per heavy atom. The number of nitrogens with zero attached hydrogens (tertiary/aromatic N) is 3. The fraction of sp³-hybridized carbons (Fsp3) is 0.600. The summed E-state index contributed by atoms with van der Waals surface area (Å²) in [4.78, 5) is 20.4. The molecule has 1 fully saturated rings. The monoisotopic (exact) mass is 359 g/mol. The third-order valence-electron chi connectivity index (χ3n) is 4.71. The van der Waals surface area contributed by atoms with E-state index in [1.54, 1.807) is 19.0 Å². The lowest BCUT2D eigenvalue weighted by Crippen LogP contribution is -2.44. The fourth-order valence-electron chi connectivity index (χ4n) is 3.24. The number of carbonyl (C=O) groups is 1. The first-order valence-electron chi connectivity index (χ1n) is 9.52. The van der Waals surface area contributed by atoms with Crippen molar-refractivity contribution in [2.45, 2.75) is 45.3 Å². The molecule has 1 heterocycles. The number of guanidine groups is 1. The molecule has 2 N–H and O–H groups in total. The summed E-state index contributed by atoms with van der Waals surface area (Å²) in [5.74, 6) is 0.908. The van der Waals surface area contributed by atoms with E-state index in [9.17, 15) is 4.79 Å². The van der Waals surface area contributed by atoms with Crippen LogP contribution in [0.5, 0.6) is 0 Å². The molecule has 0 bridgehead atoms. The quantitative estimate of drug-likeness (QED) is 0.574. The van der Waals surface area contributed by atoms with Crippen molar-refractivity contribution in [3.05, 3.63) is 35.9 Å². The number of hydrogen-bond acceptors (Lipinski definition) is 3. The zero-order valence-corrected chi connectivity index (χ0v) is 16.5. The summed E-state index contributed by atoms with van der Waals surface area (Å²) >= 11 is 0. The first-order valence-corrected chi connectivity index (χ1v) is 9.52. The van der Waals surface area contributed by atoms with Crippen LogP contribution in [0.25, 0.3) is 0 Å². The maximum Gasteiger partial charge on any atom is 0.223 e. The van der Waals surface area contributed by atoms with Gasteiger partial charge in [-0.15, -0.1) is 0 Å². The molecule has 1 aromatic rings. The van der Waals surface area contributed by atoms with E-state index in [0.717, 1.165) is 32.0 Å². The second kappa shape index (κ2) is 10.2. The topological polar surface area (TPSA) is 60.0 Å². The lowest BCUT2D eigenvalue weighted by molar-refractivity contribution is -0.128. The second-order valence-corrected chi connectivity index (χ2v) is 7.14. The SMILES string of the molecule is CCNC(=NCCC(=O)N(C)C)NC1CC(C)N(Cc2ccccc2)C1. The smallest absolute Gasteiger partial charge is 0.223 e. The minimum Gasteiger partial charge on any atom is -0.357 e. The third kappa shape index (κ3) is 6.33. The molecule has 1 aliphatic rings. The maximum absolute atomic E-state index is 11.7. The summed E-state index contributed by atoms with van der Waals surface area (Å²) in [6.45, 7) is 7.62. The molecule has 2 unspecified atom stereocenters. The predicted octanol–water partition coefficient (Wildman–Crippen LogP) is 1.68. The van der Waals surface area contributed by atoms with Crippen LogP contribution in [0, 0.1) is 0 Å². The summed E-state index contributed by atoms with van der Waals surface area (Å²) in [7, 11) is 3.55. The van der Waals surface area contributed by atoms with E-state index in [2.05, 4.69) is 64.7 Å². The molecule has 6 nitrogen and oxygen atoms in total. The van der Waals surface area contributed by atoms with Crippen molar-refractivity contribution < 1.29 is 4.79 Å². The highest BCUT2D eigenvalue weighted by molar-refractivity contribution is 5.81. The summed E-state index contributed by atoms with van der Waals surface area (Å²) in [5.41, 5.74) is 1.35. The Balaban J connectivity index is 1.87. The molecule has 0 saturated carbocycles. The van der Waals surface area contributed by atoms with Gasteiger partial charge < -0.3 is 15.5 Å². The molecule has 1 aliphatic heterocycles. The molecule has 2 rings (SSSR count). The van der Waals surface area contributed by atoms with Crippen LogP contribution in [0.1, 0.15) is 32.3 Å². The van der Waals surface area contributed by atoms with E-state index in [0.29, 0.717) is 25.0 Å². The minimum absolute atomic E-state index is 0.105. The second-order valence-electron chi connectivity index (χ2n) is 7.14. The minimum atomic E-state index is 0.105. The fourth-order valence-corrected chi connectivity index (χ4v) is 3.24. The Hall–Kier alpha value is -2.08. The van der Waals surface area contributed by atoms with Gasteiger partial charge in [0, 0.05) is 52.2 Å². The van der Waals surface area contributed by atoms with Crippen molar-refractivity contribution >= 4 is 11.9 Å². The lowest BCUT2D eigenvalue weighted by Gasteiger charge is -2.21. The number of nitrogens with one attached hydrogen (secondary N) is 2. The number of likely N-dealkylation sites (tertiary alicyclic amines) is 1. The molecule has 0 aliphatic carbocycles. The van der Waals surface area contributed by atoms with Crippen LogP contribution in [0.2, 0.25) is 0 Å². The van der Waals surface area contributed by atoms with Crippen LogP contribution in [-0.2, 0) is 11.3 Å². The van der Waals surface area contributed by atoms with E-state index >= 15 is 0 Å². The highest BCUT2D eigenvalue weighted by Gasteiger charge is 2.29. The van der Waals surface area contributed by atoms with Gasteiger partial charge in [0.15, 0.2) is 5.96 Å². The summed E-state index contributed by atoms with van der Waals surface area (Å²) in [6, 6.07) is 11.5. The van der Waals surface area contributed by atoms with Crippen molar-refractivity contribution in [3.8, 4) is 0 Å². The Kier molecular flexibility index (Phi) is 7.91. The average Bonchev–Trinajstić information content (AvgIpc) is 2.95. The molecule has 6 heteroatoms. The molecule has 144 valence electrons. The Labute approximate surface area is 157 Å². The van der Waals surface area contributed by atoms with Crippen molar-refractivity contribution in [3.63, 3.8) is 0 Å². The van der Waals surface area contributed by atoms with Crippen LogP contribution < -0.4 is 10.6 Å². The van der Waals surface area contributed by atoms with E-state index < -0.39 is 0 Å². The molecule has 26 heavy (non-hydrogen) atoms. The van der Waals surface area contributed by atoms with Crippen LogP contribution in [0.15, 0.2) is 35.3 Å². The third-order valence-corrected chi connectivity index (χ3v) is 4.71. The summed E-state index contributed by atoms with van der Waals surface area (Å²) in [5, 5.41) is 6.83. The van der Waals surface area contributed by atoms with E-state index in [1.807, 2.05) is 0 Å². The Morgan fingerprint density at radius 1 is 1.31 bits per heavy atom. The highest BCUT2D eigenvalue weighted by Crippen LogP contribution is 2.20. The zero-order chi connectivity index (χ0) is 18.9. The van der Waals surface area contributed by atoms with Crippen LogP contribution in [0.4, 0.5) is 0 Å². The molecular formula is C20H33N5O. The van der Waals surface area contributed by atoms with Crippen LogP contribution in [-0.4, -0.2) is 67.5 Å². The molecule has 2 atom stereocenters. The first kappa shape index (κ1) is 20.2. The Bertz CT molecular complexity index is 587. The Morgan fingerprint density at radius 2 is 2.04 bits per heavy atom. The van der Waals surface area contributed by atoms with Gasteiger partial charge in [-0.25, -0.2) is 0 Å². The van der Waals surface area contributed by atoms with Gasteiger partial charge in [-0.2, -0.15) is 0 Å². The standard InChI is InChI=1S/C20H33N5O/c1-5-21-20(22-12-11-19(26)24(3)4)23-18-13-16(2)25(15-18)14-17-9-7-6-8-10-17/h6-10,16,18H,5,11-15H2,1-4H3,(H2,21,22,23). The summed E-state index contributed by atoms with van der Waals surface area (Å²) in [6.07, 6.45) is 1.53. The first-order chi connectivity index (χ1) is 12.5. The molecule has 1 saturated heterocycles. The van der Waals surface area contributed by atoms with E-state index in [-0.39, 0.29) is 5.91 Å². The van der Waals surface area contributed by atoms with Crippen molar-refractivity contribution in [1.29, 1.82) is 0 Å². The number of hydrogen-bond donors (Lipinski definition) is 2. The van der Waals surface area contributed by atoms with Gasteiger partial charge in [0.1, 0.15) is 0 Å². The average molecular weight is 360 g/mol. The molecular weight excluding hydrogens is 326 g/mol. The summed E-state index contributed by atoms with van der Waals surface area (Å²) < 4.78 is 0. The maximum atomic E-state index is 11.7. The van der Waals surface area contributed by atoms with Crippen molar-refractivity contribution in [2.75, 3.05) is 33.7 Å². The van der Waals surface area contributed by atoms with Crippen LogP contribution in [0.3, 0.4) is 0 Å². The number of benzene rings is 1. The van der Waals surface area contributed by atoms with Gasteiger partial charge in [-0.05, 0) is 25.8 Å². The van der Waals surface area contributed by atoms with Crippen molar-refractivity contribution in [2.24, 2.45) is 4.99 Å². The highest BCUT2D eigenvalue weighted by atomic mass is 16.2. The van der Waals surface area contributed by atoms with Crippen LogP contribution >= 0.6 is 0 Å². The predicted molar refractivity (Wildman–Crippen MR) is 107 cm³/mol. The van der Waals surface area contributed by atoms with Crippen molar-refractivity contribution in [1.82, 2.24) is 20.4 Å². The number of amides is 1. The number of aliphatic imine (C=N–C) groups is 1. The van der Waals surface area contributed by atoms with Gasteiger partial charge in [0.25, 0.3) is 0 Å². The van der Waals surface area contributed by atoms with Gasteiger partial charge in [0.05, 0.1) is 6.54 Å². The molecule has 1 amide bonds. The molecule has 0 aromatic heterocycles. The van der Waals surface area contributed by atoms with E-state index in [4.69, 9.17) is 0 Å². The van der Waals surface area contributed by atoms with Gasteiger partial charge >= 0.3 is 0 Å².